The minimum absolute atomic E-state index is 0.295. The number of hydrogen-bond acceptors (Lipinski definition) is 2. The Bertz CT molecular complexity index is 586. The van der Waals surface area contributed by atoms with Crippen LogP contribution in [0.2, 0.25) is 5.02 Å². The zero-order valence-corrected chi connectivity index (χ0v) is 14.5. The van der Waals surface area contributed by atoms with Crippen molar-refractivity contribution in [3.05, 3.63) is 40.9 Å². The number of likely N-dealkylation sites (tertiary alicyclic amines) is 1. The van der Waals surface area contributed by atoms with Gasteiger partial charge in [-0.25, -0.2) is 0 Å². The van der Waals surface area contributed by atoms with Gasteiger partial charge in [0.05, 0.1) is 0 Å². The van der Waals surface area contributed by atoms with Crippen molar-refractivity contribution in [1.82, 2.24) is 9.80 Å². The Morgan fingerprint density at radius 2 is 2.04 bits per heavy atom. The number of carbonyl (C=O) groups is 1. The molecule has 124 valence electrons. The Labute approximate surface area is 143 Å². The smallest absolute Gasteiger partial charge is 0.222 e. The topological polar surface area (TPSA) is 23.6 Å². The minimum atomic E-state index is 0.295. The van der Waals surface area contributed by atoms with E-state index in [0.717, 1.165) is 36.6 Å². The van der Waals surface area contributed by atoms with Gasteiger partial charge in [-0.1, -0.05) is 48.9 Å². The van der Waals surface area contributed by atoms with Gasteiger partial charge in [-0.05, 0) is 30.9 Å². The summed E-state index contributed by atoms with van der Waals surface area (Å²) in [6.07, 6.45) is 8.51. The van der Waals surface area contributed by atoms with Crippen LogP contribution in [-0.4, -0.2) is 47.4 Å². The fourth-order valence-corrected chi connectivity index (χ4v) is 4.03. The Kier molecular flexibility index (Phi) is 5.39. The van der Waals surface area contributed by atoms with E-state index in [1.807, 2.05) is 31.2 Å². The predicted octanol–water partition coefficient (Wildman–Crippen LogP) is 3.83. The maximum Gasteiger partial charge on any atom is 0.222 e. The summed E-state index contributed by atoms with van der Waals surface area (Å²) in [5.41, 5.74) is 1.07. The number of halogens is 1. The van der Waals surface area contributed by atoms with E-state index in [0.29, 0.717) is 24.4 Å². The van der Waals surface area contributed by atoms with Crippen LogP contribution in [0.5, 0.6) is 0 Å². The average Bonchev–Trinajstić information content (AvgIpc) is 2.82. The largest absolute Gasteiger partial charge is 0.341 e. The molecule has 0 radical (unpaired) electrons. The van der Waals surface area contributed by atoms with Gasteiger partial charge < -0.3 is 4.90 Å². The second-order valence-corrected chi connectivity index (χ2v) is 6.89. The zero-order chi connectivity index (χ0) is 16.2. The molecule has 2 saturated heterocycles. The molecule has 23 heavy (non-hydrogen) atoms. The first kappa shape index (κ1) is 16.5. The summed E-state index contributed by atoms with van der Waals surface area (Å²) in [5, 5.41) is 0.794. The van der Waals surface area contributed by atoms with Crippen LogP contribution >= 0.6 is 11.6 Å². The van der Waals surface area contributed by atoms with Gasteiger partial charge in [-0.15, -0.1) is 0 Å². The van der Waals surface area contributed by atoms with Crippen molar-refractivity contribution in [1.29, 1.82) is 0 Å². The highest BCUT2D eigenvalue weighted by Gasteiger charge is 2.37. The maximum absolute atomic E-state index is 12.0. The third-order valence-electron chi connectivity index (χ3n) is 5.11. The predicted molar refractivity (Wildman–Crippen MR) is 95.5 cm³/mol. The minimum Gasteiger partial charge on any atom is -0.341 e. The van der Waals surface area contributed by atoms with Gasteiger partial charge in [-0.3, -0.25) is 9.69 Å². The van der Waals surface area contributed by atoms with Crippen LogP contribution < -0.4 is 0 Å². The molecule has 2 atom stereocenters. The molecule has 1 aromatic rings. The molecule has 0 aliphatic carbocycles. The van der Waals surface area contributed by atoms with Gasteiger partial charge in [0.2, 0.25) is 5.91 Å². The van der Waals surface area contributed by atoms with Crippen molar-refractivity contribution in [3.8, 4) is 0 Å². The fraction of sp³-hybridized carbons (Fsp3) is 0.526. The first-order chi connectivity index (χ1) is 11.2. The summed E-state index contributed by atoms with van der Waals surface area (Å²) in [6, 6.07) is 9.05. The average molecular weight is 333 g/mol. The second-order valence-electron chi connectivity index (χ2n) is 6.49. The summed E-state index contributed by atoms with van der Waals surface area (Å²) < 4.78 is 0. The monoisotopic (exact) mass is 332 g/mol. The van der Waals surface area contributed by atoms with Crippen LogP contribution in [0.15, 0.2) is 30.3 Å². The molecule has 2 unspecified atom stereocenters. The van der Waals surface area contributed by atoms with E-state index in [9.17, 15) is 4.79 Å². The van der Waals surface area contributed by atoms with Gasteiger partial charge >= 0.3 is 0 Å². The molecule has 0 spiro atoms. The molecule has 1 aromatic carbocycles. The molecule has 4 heteroatoms. The van der Waals surface area contributed by atoms with E-state index < -0.39 is 0 Å². The van der Waals surface area contributed by atoms with Crippen LogP contribution in [0.4, 0.5) is 0 Å². The first-order valence-electron chi connectivity index (χ1n) is 8.63. The molecule has 0 saturated carbocycles. The van der Waals surface area contributed by atoms with Crippen LogP contribution in [-0.2, 0) is 4.79 Å². The van der Waals surface area contributed by atoms with Crippen molar-refractivity contribution < 1.29 is 4.79 Å². The number of benzene rings is 1. The number of carbonyl (C=O) groups excluding carboxylic acids is 1. The molecular formula is C19H25ClN2O. The highest BCUT2D eigenvalue weighted by molar-refractivity contribution is 6.32. The van der Waals surface area contributed by atoms with Gasteiger partial charge in [0.1, 0.15) is 0 Å². The van der Waals surface area contributed by atoms with Gasteiger partial charge in [-0.2, -0.15) is 0 Å². The Morgan fingerprint density at radius 3 is 2.83 bits per heavy atom. The second kappa shape index (κ2) is 7.50. The summed E-state index contributed by atoms with van der Waals surface area (Å²) >= 11 is 6.20. The van der Waals surface area contributed by atoms with E-state index in [-0.39, 0.29) is 0 Å². The lowest BCUT2D eigenvalue weighted by Crippen LogP contribution is -2.41. The quantitative estimate of drug-likeness (QED) is 0.836. The van der Waals surface area contributed by atoms with E-state index in [1.165, 1.54) is 12.8 Å². The Hall–Kier alpha value is -1.32. The molecule has 2 aliphatic rings. The molecule has 3 nitrogen and oxygen atoms in total. The lowest BCUT2D eigenvalue weighted by atomic mass is 10.1. The van der Waals surface area contributed by atoms with Crippen molar-refractivity contribution in [2.45, 2.75) is 44.7 Å². The van der Waals surface area contributed by atoms with E-state index in [4.69, 9.17) is 11.6 Å². The lowest BCUT2D eigenvalue weighted by molar-refractivity contribution is -0.131. The van der Waals surface area contributed by atoms with Gasteiger partial charge in [0, 0.05) is 43.2 Å². The van der Waals surface area contributed by atoms with E-state index >= 15 is 0 Å². The molecule has 3 rings (SSSR count). The molecule has 1 amide bonds. The zero-order valence-electron chi connectivity index (χ0n) is 13.7. The SMILES string of the molecule is CCC(=O)N1CCC2CCC(C1)N2CC=Cc1ccccc1Cl. The number of amides is 1. The standard InChI is InChI=1S/C19H25ClN2O/c1-2-19(23)21-13-11-16-9-10-17(14-21)22(16)12-5-7-15-6-3-4-8-18(15)20/h3-8,16-17H,2,9-14H2,1H3. The van der Waals surface area contributed by atoms with Gasteiger partial charge in [0.25, 0.3) is 0 Å². The first-order valence-corrected chi connectivity index (χ1v) is 9.01. The molecule has 2 bridgehead atoms. The lowest BCUT2D eigenvalue weighted by Gasteiger charge is -2.27. The van der Waals surface area contributed by atoms with Crippen molar-refractivity contribution in [2.75, 3.05) is 19.6 Å². The molecule has 0 N–H and O–H groups in total. The number of rotatable bonds is 4. The summed E-state index contributed by atoms with van der Waals surface area (Å²) in [4.78, 5) is 16.7. The third kappa shape index (κ3) is 3.78. The Balaban J connectivity index is 1.64. The molecular weight excluding hydrogens is 308 g/mol. The van der Waals surface area contributed by atoms with Crippen molar-refractivity contribution >= 4 is 23.6 Å². The number of hydrogen-bond donors (Lipinski definition) is 0. The normalized spacial score (nSPS) is 25.0. The van der Waals surface area contributed by atoms with Gasteiger partial charge in [0.15, 0.2) is 0 Å². The Morgan fingerprint density at radius 1 is 1.26 bits per heavy atom. The third-order valence-corrected chi connectivity index (χ3v) is 5.45. The van der Waals surface area contributed by atoms with Crippen LogP contribution in [0, 0.1) is 0 Å². The molecule has 2 heterocycles. The summed E-state index contributed by atoms with van der Waals surface area (Å²) in [7, 11) is 0. The van der Waals surface area contributed by atoms with Crippen LogP contribution in [0.3, 0.4) is 0 Å². The van der Waals surface area contributed by atoms with Crippen LogP contribution in [0.1, 0.15) is 38.2 Å². The van der Waals surface area contributed by atoms with Crippen molar-refractivity contribution in [2.24, 2.45) is 0 Å². The fourth-order valence-electron chi connectivity index (χ4n) is 3.83. The molecule has 2 fully saturated rings. The summed E-state index contributed by atoms with van der Waals surface area (Å²) in [6.45, 7) is 4.70. The maximum atomic E-state index is 12.0. The highest BCUT2D eigenvalue weighted by atomic mass is 35.5. The van der Waals surface area contributed by atoms with E-state index in [1.54, 1.807) is 0 Å². The number of nitrogens with zero attached hydrogens (tertiary/aromatic N) is 2. The number of fused-ring (bicyclic) bond motifs is 2. The van der Waals surface area contributed by atoms with Crippen molar-refractivity contribution in [3.63, 3.8) is 0 Å². The highest BCUT2D eigenvalue weighted by Crippen LogP contribution is 2.30. The molecule has 2 aliphatic heterocycles. The summed E-state index contributed by atoms with van der Waals surface area (Å²) in [5.74, 6) is 0.295. The van der Waals surface area contributed by atoms with Crippen LogP contribution in [0.25, 0.3) is 6.08 Å². The molecule has 0 aromatic heterocycles. The van der Waals surface area contributed by atoms with E-state index in [2.05, 4.69) is 22.0 Å².